The Labute approximate surface area is 161 Å². The third-order valence-corrected chi connectivity index (χ3v) is 5.63. The van der Waals surface area contributed by atoms with Crippen LogP contribution in [0.3, 0.4) is 0 Å². The zero-order valence-electron chi connectivity index (χ0n) is 15.4. The molecule has 6 nitrogen and oxygen atoms in total. The lowest BCUT2D eigenvalue weighted by Gasteiger charge is -2.14. The predicted molar refractivity (Wildman–Crippen MR) is 104 cm³/mol. The second-order valence-electron chi connectivity index (χ2n) is 6.51. The molecule has 0 fully saturated rings. The molecule has 4 rings (SSSR count). The first-order chi connectivity index (χ1) is 13.2. The highest BCUT2D eigenvalue weighted by Gasteiger charge is 2.18. The molecule has 27 heavy (non-hydrogen) atoms. The summed E-state index contributed by atoms with van der Waals surface area (Å²) in [7, 11) is 1.63. The van der Waals surface area contributed by atoms with Gasteiger partial charge in [0.05, 0.1) is 24.1 Å². The van der Waals surface area contributed by atoms with Gasteiger partial charge in [0.25, 0.3) is 5.56 Å². The van der Waals surface area contributed by atoms with Crippen LogP contribution in [0.4, 0.5) is 0 Å². The minimum absolute atomic E-state index is 0.00575. The van der Waals surface area contributed by atoms with Gasteiger partial charge >= 0.3 is 0 Å². The summed E-state index contributed by atoms with van der Waals surface area (Å²) in [5, 5.41) is 0.641. The Bertz CT molecular complexity index is 1030. The van der Waals surface area contributed by atoms with Crippen molar-refractivity contribution in [2.45, 2.75) is 43.5 Å². The Morgan fingerprint density at radius 3 is 2.89 bits per heavy atom. The summed E-state index contributed by atoms with van der Waals surface area (Å²) in [6.45, 7) is 1.89. The minimum Gasteiger partial charge on any atom is -0.496 e. The van der Waals surface area contributed by atoms with Crippen LogP contribution in [0, 0.1) is 6.92 Å². The largest absolute Gasteiger partial charge is 0.496 e. The number of para-hydroxylation sites is 1. The normalized spacial score (nSPS) is 13.4. The lowest BCUT2D eigenvalue weighted by Crippen LogP contribution is -2.21. The number of nitrogens with zero attached hydrogens (tertiary/aromatic N) is 2. The topological polar surface area (TPSA) is 81.0 Å². The van der Waals surface area contributed by atoms with Crippen LogP contribution in [0.1, 0.15) is 35.6 Å². The molecule has 0 amide bonds. The summed E-state index contributed by atoms with van der Waals surface area (Å²) >= 11 is 1.47. The summed E-state index contributed by atoms with van der Waals surface area (Å²) in [5.74, 6) is 2.58. The molecule has 0 saturated heterocycles. The predicted octanol–water partition coefficient (Wildman–Crippen LogP) is 3.91. The van der Waals surface area contributed by atoms with Gasteiger partial charge in [-0.05, 0) is 44.7 Å². The summed E-state index contributed by atoms with van der Waals surface area (Å²) in [4.78, 5) is 24.4. The van der Waals surface area contributed by atoms with Crippen molar-refractivity contribution >= 4 is 11.8 Å². The number of methoxy groups -OCH3 is 1. The molecule has 0 spiro atoms. The van der Waals surface area contributed by atoms with Gasteiger partial charge in [0.1, 0.15) is 11.5 Å². The highest BCUT2D eigenvalue weighted by Crippen LogP contribution is 2.31. The number of rotatable bonds is 5. The molecular formula is C20H21N3O3S. The standard InChI is InChI=1S/C20H21N3O3S/c1-12-16(21-19(26-12)14-8-4-6-10-17(14)25-2)11-27-20-22-15-9-5-3-7-13(15)18(24)23-20/h4,6,8,10H,3,5,7,9,11H2,1-2H3,(H,22,23,24). The fourth-order valence-electron chi connectivity index (χ4n) is 3.28. The first-order valence-corrected chi connectivity index (χ1v) is 9.99. The number of benzene rings is 1. The Hall–Kier alpha value is -2.54. The van der Waals surface area contributed by atoms with Crippen molar-refractivity contribution in [3.8, 4) is 17.2 Å². The van der Waals surface area contributed by atoms with Gasteiger partial charge in [-0.2, -0.15) is 0 Å². The molecule has 3 aromatic rings. The number of aryl methyl sites for hydroxylation is 2. The van der Waals surface area contributed by atoms with Crippen molar-refractivity contribution < 1.29 is 9.15 Å². The first kappa shape index (κ1) is 17.9. The van der Waals surface area contributed by atoms with Gasteiger partial charge in [-0.25, -0.2) is 9.97 Å². The Kier molecular flexibility index (Phi) is 5.03. The molecule has 0 unspecified atom stereocenters. The summed E-state index contributed by atoms with van der Waals surface area (Å²) in [6.07, 6.45) is 3.87. The van der Waals surface area contributed by atoms with Gasteiger partial charge in [0, 0.05) is 11.3 Å². The maximum atomic E-state index is 12.3. The van der Waals surface area contributed by atoms with Gasteiger partial charge in [-0.1, -0.05) is 23.9 Å². The number of nitrogens with one attached hydrogen (secondary N) is 1. The second kappa shape index (κ2) is 7.60. The lowest BCUT2D eigenvalue weighted by atomic mass is 9.97. The number of aromatic amines is 1. The van der Waals surface area contributed by atoms with E-state index in [4.69, 9.17) is 9.15 Å². The number of oxazole rings is 1. The Morgan fingerprint density at radius 1 is 1.22 bits per heavy atom. The highest BCUT2D eigenvalue weighted by atomic mass is 32.2. The molecule has 1 aromatic carbocycles. The van der Waals surface area contributed by atoms with Crippen molar-refractivity contribution in [3.05, 3.63) is 57.3 Å². The number of hydrogen-bond donors (Lipinski definition) is 1. The van der Waals surface area contributed by atoms with E-state index in [2.05, 4.69) is 15.0 Å². The molecular weight excluding hydrogens is 362 g/mol. The van der Waals surface area contributed by atoms with Crippen LogP contribution in [0.25, 0.3) is 11.5 Å². The Morgan fingerprint density at radius 2 is 2.04 bits per heavy atom. The molecule has 0 atom stereocenters. The zero-order valence-corrected chi connectivity index (χ0v) is 16.2. The molecule has 1 aliphatic rings. The Balaban J connectivity index is 1.55. The van der Waals surface area contributed by atoms with Gasteiger partial charge in [0.2, 0.25) is 5.89 Å². The van der Waals surface area contributed by atoms with Gasteiger partial charge in [-0.3, -0.25) is 4.79 Å². The quantitative estimate of drug-likeness (QED) is 0.531. The van der Waals surface area contributed by atoms with Crippen molar-refractivity contribution in [2.24, 2.45) is 0 Å². The molecule has 1 aliphatic carbocycles. The lowest BCUT2D eigenvalue weighted by molar-refractivity contribution is 0.414. The highest BCUT2D eigenvalue weighted by molar-refractivity contribution is 7.98. The average molecular weight is 383 g/mol. The van der Waals surface area contributed by atoms with Crippen molar-refractivity contribution in [3.63, 3.8) is 0 Å². The van der Waals surface area contributed by atoms with Crippen LogP contribution < -0.4 is 10.3 Å². The maximum Gasteiger partial charge on any atom is 0.254 e. The van der Waals surface area contributed by atoms with E-state index in [1.54, 1.807) is 7.11 Å². The third-order valence-electron chi connectivity index (χ3n) is 4.75. The van der Waals surface area contributed by atoms with Crippen molar-refractivity contribution in [1.82, 2.24) is 15.0 Å². The number of fused-ring (bicyclic) bond motifs is 1. The summed E-state index contributed by atoms with van der Waals surface area (Å²) in [6, 6.07) is 7.63. The number of thioether (sulfide) groups is 1. The van der Waals surface area contributed by atoms with Crippen LogP contribution in [0.15, 0.2) is 38.6 Å². The van der Waals surface area contributed by atoms with Crippen LogP contribution in [0.2, 0.25) is 0 Å². The number of ether oxygens (including phenoxy) is 1. The number of aromatic nitrogens is 3. The molecule has 0 saturated carbocycles. The van der Waals surface area contributed by atoms with Gasteiger partial charge in [0.15, 0.2) is 5.16 Å². The van der Waals surface area contributed by atoms with Crippen LogP contribution in [0.5, 0.6) is 5.75 Å². The van der Waals surface area contributed by atoms with E-state index in [1.165, 1.54) is 11.8 Å². The molecule has 0 bridgehead atoms. The van der Waals surface area contributed by atoms with Crippen molar-refractivity contribution in [2.75, 3.05) is 7.11 Å². The second-order valence-corrected chi connectivity index (χ2v) is 7.48. The minimum atomic E-state index is -0.00575. The first-order valence-electron chi connectivity index (χ1n) is 9.00. The van der Waals surface area contributed by atoms with E-state index < -0.39 is 0 Å². The molecule has 2 heterocycles. The van der Waals surface area contributed by atoms with Crippen LogP contribution >= 0.6 is 11.8 Å². The van der Waals surface area contributed by atoms with E-state index >= 15 is 0 Å². The van der Waals surface area contributed by atoms with Crippen LogP contribution in [-0.2, 0) is 18.6 Å². The molecule has 0 aliphatic heterocycles. The molecule has 140 valence electrons. The van der Waals surface area contributed by atoms with E-state index in [0.29, 0.717) is 16.8 Å². The van der Waals surface area contributed by atoms with Gasteiger partial charge in [-0.15, -0.1) is 0 Å². The van der Waals surface area contributed by atoms with E-state index in [-0.39, 0.29) is 5.56 Å². The van der Waals surface area contributed by atoms with Crippen molar-refractivity contribution in [1.29, 1.82) is 0 Å². The van der Waals surface area contributed by atoms with E-state index in [9.17, 15) is 4.79 Å². The number of H-pyrrole nitrogens is 1. The smallest absolute Gasteiger partial charge is 0.254 e. The molecule has 7 heteroatoms. The average Bonchev–Trinajstić information content (AvgIpc) is 3.07. The third kappa shape index (κ3) is 3.64. The maximum absolute atomic E-state index is 12.3. The molecule has 2 aromatic heterocycles. The monoisotopic (exact) mass is 383 g/mol. The van der Waals surface area contributed by atoms with E-state index in [1.807, 2.05) is 31.2 Å². The fraction of sp³-hybridized carbons (Fsp3) is 0.350. The summed E-state index contributed by atoms with van der Waals surface area (Å²) in [5.41, 5.74) is 3.44. The number of hydrogen-bond acceptors (Lipinski definition) is 6. The van der Waals surface area contributed by atoms with Gasteiger partial charge < -0.3 is 14.1 Å². The molecule has 0 radical (unpaired) electrons. The fourth-order valence-corrected chi connectivity index (χ4v) is 4.16. The van der Waals surface area contributed by atoms with Crippen LogP contribution in [-0.4, -0.2) is 22.1 Å². The zero-order chi connectivity index (χ0) is 18.8. The molecule has 1 N–H and O–H groups in total. The summed E-state index contributed by atoms with van der Waals surface area (Å²) < 4.78 is 11.2. The SMILES string of the molecule is COc1ccccc1-c1nc(CSc2nc3c(c(=O)[nH]2)CCCC3)c(C)o1. The van der Waals surface area contributed by atoms with E-state index in [0.717, 1.165) is 59.7 Å².